The molecule has 0 spiro atoms. The molecule has 5 nitrogen and oxygen atoms in total. The van der Waals surface area contributed by atoms with Crippen LogP contribution in [0.3, 0.4) is 0 Å². The molecule has 0 aliphatic carbocycles. The molecule has 5 heteroatoms. The number of likely N-dealkylation sites (N-methyl/N-ethyl adjacent to an activating group) is 1. The van der Waals surface area contributed by atoms with Gasteiger partial charge in [0.1, 0.15) is 0 Å². The molecule has 2 N–H and O–H groups in total. The third kappa shape index (κ3) is 5.59. The van der Waals surface area contributed by atoms with Gasteiger partial charge < -0.3 is 20.3 Å². The molecular weight excluding hydrogens is 254 g/mol. The summed E-state index contributed by atoms with van der Waals surface area (Å²) in [6, 6.07) is 5.73. The van der Waals surface area contributed by atoms with Crippen LogP contribution in [-0.2, 0) is 4.74 Å². The lowest BCUT2D eigenvalue weighted by Gasteiger charge is -2.12. The Hall–Kier alpha value is -1.59. The van der Waals surface area contributed by atoms with E-state index in [4.69, 9.17) is 4.74 Å². The number of hydrogen-bond donors (Lipinski definition) is 2. The molecule has 0 fully saturated rings. The summed E-state index contributed by atoms with van der Waals surface area (Å²) in [5.41, 5.74) is 2.63. The topological polar surface area (TPSA) is 53.6 Å². The van der Waals surface area contributed by atoms with Gasteiger partial charge in [0.15, 0.2) is 0 Å². The Morgan fingerprint density at radius 1 is 1.30 bits per heavy atom. The second-order valence-electron chi connectivity index (χ2n) is 4.97. The van der Waals surface area contributed by atoms with Crippen molar-refractivity contribution in [1.29, 1.82) is 0 Å². The van der Waals surface area contributed by atoms with Crippen LogP contribution >= 0.6 is 0 Å². The summed E-state index contributed by atoms with van der Waals surface area (Å²) >= 11 is 0. The van der Waals surface area contributed by atoms with Crippen molar-refractivity contribution < 1.29 is 9.53 Å². The standard InChI is InChI=1S/C15H25N3O2/c1-12-5-6-13(14(11-12)16-2)15(19)17-7-9-20-10-8-18(3)4/h5-6,11,16H,7-10H2,1-4H3,(H,17,19). The molecule has 0 aliphatic rings. The minimum Gasteiger partial charge on any atom is -0.387 e. The SMILES string of the molecule is CNc1cc(C)ccc1C(=O)NCCOCCN(C)C. The van der Waals surface area contributed by atoms with Gasteiger partial charge in [-0.2, -0.15) is 0 Å². The largest absolute Gasteiger partial charge is 0.387 e. The van der Waals surface area contributed by atoms with E-state index >= 15 is 0 Å². The minimum atomic E-state index is -0.0782. The van der Waals surface area contributed by atoms with E-state index in [1.54, 1.807) is 0 Å². The molecule has 0 atom stereocenters. The van der Waals surface area contributed by atoms with Gasteiger partial charge in [0.25, 0.3) is 5.91 Å². The molecule has 1 amide bonds. The number of anilines is 1. The molecule has 1 aromatic carbocycles. The highest BCUT2D eigenvalue weighted by Crippen LogP contribution is 2.16. The van der Waals surface area contributed by atoms with E-state index in [1.165, 1.54) is 0 Å². The predicted octanol–water partition coefficient (Wildman–Crippen LogP) is 1.34. The molecule has 112 valence electrons. The van der Waals surface area contributed by atoms with E-state index < -0.39 is 0 Å². The molecular formula is C15H25N3O2. The zero-order valence-electron chi connectivity index (χ0n) is 12.8. The Kier molecular flexibility index (Phi) is 7.04. The van der Waals surface area contributed by atoms with Crippen LogP contribution in [0.2, 0.25) is 0 Å². The average molecular weight is 279 g/mol. The van der Waals surface area contributed by atoms with Crippen molar-refractivity contribution in [3.05, 3.63) is 29.3 Å². The van der Waals surface area contributed by atoms with Gasteiger partial charge in [0.2, 0.25) is 0 Å². The lowest BCUT2D eigenvalue weighted by atomic mass is 10.1. The number of amides is 1. The third-order valence-corrected chi connectivity index (χ3v) is 2.90. The van der Waals surface area contributed by atoms with Gasteiger partial charge in [-0.1, -0.05) is 6.07 Å². The summed E-state index contributed by atoms with van der Waals surface area (Å²) in [5, 5.41) is 5.91. The van der Waals surface area contributed by atoms with Crippen LogP contribution in [0.4, 0.5) is 5.69 Å². The molecule has 0 unspecified atom stereocenters. The number of nitrogens with zero attached hydrogens (tertiary/aromatic N) is 1. The number of carbonyl (C=O) groups is 1. The Morgan fingerprint density at radius 2 is 2.05 bits per heavy atom. The fraction of sp³-hybridized carbons (Fsp3) is 0.533. The molecule has 1 rings (SSSR count). The van der Waals surface area contributed by atoms with E-state index in [1.807, 2.05) is 46.3 Å². The number of hydrogen-bond acceptors (Lipinski definition) is 4. The fourth-order valence-corrected chi connectivity index (χ4v) is 1.74. The van der Waals surface area contributed by atoms with Crippen LogP contribution in [-0.4, -0.2) is 58.3 Å². The third-order valence-electron chi connectivity index (χ3n) is 2.90. The van der Waals surface area contributed by atoms with Gasteiger partial charge >= 0.3 is 0 Å². The first-order valence-electron chi connectivity index (χ1n) is 6.83. The van der Waals surface area contributed by atoms with Crippen LogP contribution in [0.1, 0.15) is 15.9 Å². The number of carbonyl (C=O) groups excluding carboxylic acids is 1. The van der Waals surface area contributed by atoms with Crippen molar-refractivity contribution in [2.45, 2.75) is 6.92 Å². The number of rotatable bonds is 8. The van der Waals surface area contributed by atoms with Crippen LogP contribution in [0, 0.1) is 6.92 Å². The maximum absolute atomic E-state index is 12.1. The summed E-state index contributed by atoms with van der Waals surface area (Å²) in [6.45, 7) is 4.61. The van der Waals surface area contributed by atoms with Gasteiger partial charge in [-0.15, -0.1) is 0 Å². The highest BCUT2D eigenvalue weighted by Gasteiger charge is 2.09. The van der Waals surface area contributed by atoms with E-state index in [0.29, 0.717) is 25.3 Å². The maximum atomic E-state index is 12.1. The maximum Gasteiger partial charge on any atom is 0.253 e. The van der Waals surface area contributed by atoms with Gasteiger partial charge in [-0.05, 0) is 38.7 Å². The molecule has 0 aromatic heterocycles. The normalized spacial score (nSPS) is 10.7. The summed E-state index contributed by atoms with van der Waals surface area (Å²) in [7, 11) is 5.82. The van der Waals surface area contributed by atoms with Gasteiger partial charge in [-0.3, -0.25) is 4.79 Å². The number of ether oxygens (including phenoxy) is 1. The monoisotopic (exact) mass is 279 g/mol. The summed E-state index contributed by atoms with van der Waals surface area (Å²) < 4.78 is 5.43. The van der Waals surface area contributed by atoms with Gasteiger partial charge in [-0.25, -0.2) is 0 Å². The first-order valence-corrected chi connectivity index (χ1v) is 6.83. The Balaban J connectivity index is 2.36. The van der Waals surface area contributed by atoms with Gasteiger partial charge in [0.05, 0.1) is 18.8 Å². The summed E-state index contributed by atoms with van der Waals surface area (Å²) in [6.07, 6.45) is 0. The van der Waals surface area contributed by atoms with Crippen LogP contribution < -0.4 is 10.6 Å². The number of nitrogens with one attached hydrogen (secondary N) is 2. The number of benzene rings is 1. The lowest BCUT2D eigenvalue weighted by Crippen LogP contribution is -2.28. The van der Waals surface area contributed by atoms with E-state index in [9.17, 15) is 4.79 Å². The Bertz CT molecular complexity index is 433. The second kappa shape index (κ2) is 8.55. The average Bonchev–Trinajstić information content (AvgIpc) is 2.41. The number of aryl methyl sites for hydroxylation is 1. The molecule has 0 saturated carbocycles. The van der Waals surface area contributed by atoms with Crippen molar-refractivity contribution >= 4 is 11.6 Å². The minimum absolute atomic E-state index is 0.0782. The molecule has 0 heterocycles. The highest BCUT2D eigenvalue weighted by molar-refractivity contribution is 5.99. The molecule has 20 heavy (non-hydrogen) atoms. The zero-order valence-corrected chi connectivity index (χ0v) is 12.8. The molecule has 0 bridgehead atoms. The van der Waals surface area contributed by atoms with Crippen LogP contribution in [0.25, 0.3) is 0 Å². The molecule has 1 aromatic rings. The molecule has 0 saturated heterocycles. The summed E-state index contributed by atoms with van der Waals surface area (Å²) in [4.78, 5) is 14.1. The Labute approximate surface area is 121 Å². The predicted molar refractivity (Wildman–Crippen MR) is 82.4 cm³/mol. The second-order valence-corrected chi connectivity index (χ2v) is 4.97. The van der Waals surface area contributed by atoms with Crippen molar-refractivity contribution in [1.82, 2.24) is 10.2 Å². The van der Waals surface area contributed by atoms with Crippen molar-refractivity contribution in [3.8, 4) is 0 Å². The van der Waals surface area contributed by atoms with E-state index in [2.05, 4.69) is 15.5 Å². The van der Waals surface area contributed by atoms with Crippen molar-refractivity contribution in [2.24, 2.45) is 0 Å². The van der Waals surface area contributed by atoms with E-state index in [-0.39, 0.29) is 5.91 Å². The first kappa shape index (κ1) is 16.5. The van der Waals surface area contributed by atoms with E-state index in [0.717, 1.165) is 17.8 Å². The summed E-state index contributed by atoms with van der Waals surface area (Å²) in [5.74, 6) is -0.0782. The molecule has 0 radical (unpaired) electrons. The Morgan fingerprint density at radius 3 is 2.70 bits per heavy atom. The smallest absolute Gasteiger partial charge is 0.253 e. The lowest BCUT2D eigenvalue weighted by molar-refractivity contribution is 0.0901. The molecule has 0 aliphatic heterocycles. The van der Waals surface area contributed by atoms with Crippen molar-refractivity contribution in [3.63, 3.8) is 0 Å². The van der Waals surface area contributed by atoms with Gasteiger partial charge in [0, 0.05) is 25.8 Å². The van der Waals surface area contributed by atoms with Crippen LogP contribution in [0.5, 0.6) is 0 Å². The zero-order chi connectivity index (χ0) is 15.0. The van der Waals surface area contributed by atoms with Crippen molar-refractivity contribution in [2.75, 3.05) is 52.8 Å². The highest BCUT2D eigenvalue weighted by atomic mass is 16.5. The quantitative estimate of drug-likeness (QED) is 0.705. The fourth-order valence-electron chi connectivity index (χ4n) is 1.74. The van der Waals surface area contributed by atoms with Crippen LogP contribution in [0.15, 0.2) is 18.2 Å². The first-order chi connectivity index (χ1) is 9.54.